The highest BCUT2D eigenvalue weighted by atomic mass is 16.5. The summed E-state index contributed by atoms with van der Waals surface area (Å²) in [6.07, 6.45) is 8.93. The minimum absolute atomic E-state index is 0.0323. The van der Waals surface area contributed by atoms with Crippen LogP contribution in [-0.4, -0.2) is 70.0 Å². The van der Waals surface area contributed by atoms with Gasteiger partial charge < -0.3 is 30.3 Å². The van der Waals surface area contributed by atoms with Crippen LogP contribution in [0.2, 0.25) is 0 Å². The number of carbonyl (C=O) groups excluding carboxylic acids is 2. The van der Waals surface area contributed by atoms with E-state index in [2.05, 4.69) is 32.8 Å². The summed E-state index contributed by atoms with van der Waals surface area (Å²) in [5.41, 5.74) is 1.10. The molecular formula is C27H44N4O4. The molecule has 3 N–H and O–H groups in total. The number of benzene rings is 1. The Hall–Kier alpha value is -2.32. The third-order valence-electron chi connectivity index (χ3n) is 7.28. The van der Waals surface area contributed by atoms with Crippen molar-refractivity contribution in [1.82, 2.24) is 20.9 Å². The highest BCUT2D eigenvalue weighted by Crippen LogP contribution is 2.33. The molecule has 0 radical (unpaired) electrons. The van der Waals surface area contributed by atoms with E-state index in [1.165, 1.54) is 39.2 Å². The summed E-state index contributed by atoms with van der Waals surface area (Å²) >= 11 is 0. The molecule has 1 aliphatic heterocycles. The lowest BCUT2D eigenvalue weighted by Gasteiger charge is -2.38. The summed E-state index contributed by atoms with van der Waals surface area (Å²) < 4.78 is 10.9. The maximum Gasteiger partial charge on any atom is 0.406 e. The molecule has 1 aromatic carbocycles. The van der Waals surface area contributed by atoms with Gasteiger partial charge in [0.15, 0.2) is 0 Å². The number of hydrogen-bond donors (Lipinski definition) is 3. The number of amides is 3. The summed E-state index contributed by atoms with van der Waals surface area (Å²) in [6.45, 7) is 2.97. The molecule has 2 aliphatic rings. The lowest BCUT2D eigenvalue weighted by atomic mass is 9.85. The van der Waals surface area contributed by atoms with E-state index < -0.39 is 6.09 Å². The Balaban J connectivity index is 1.59. The molecule has 196 valence electrons. The van der Waals surface area contributed by atoms with Crippen LogP contribution in [0, 0.1) is 11.8 Å². The molecule has 0 spiro atoms. The smallest absolute Gasteiger partial charge is 0.406 e. The number of urea groups is 1. The molecule has 1 saturated carbocycles. The van der Waals surface area contributed by atoms with E-state index in [0.29, 0.717) is 25.6 Å². The lowest BCUT2D eigenvalue weighted by molar-refractivity contribution is -0.00865. The van der Waals surface area contributed by atoms with E-state index >= 15 is 0 Å². The van der Waals surface area contributed by atoms with Crippen molar-refractivity contribution >= 4 is 12.1 Å². The standard InChI is InChI=1S/C27H44N4O4/c1-28-19-24(18-21-10-5-3-6-11-21)30-26(32)31-16-9-14-23(20-31)25(22-12-7-4-8-13-22)35-17-15-29-27(33)34-2/h4,7-8,12-13,21,23-25,28H,3,5-6,9-11,14-20H2,1-2H3,(H,29,33)(H,30,32)/t23-,24?,25+/m1/s1. The molecule has 1 aliphatic carbocycles. The summed E-state index contributed by atoms with van der Waals surface area (Å²) in [5.74, 6) is 0.905. The molecule has 1 saturated heterocycles. The van der Waals surface area contributed by atoms with Crippen LogP contribution < -0.4 is 16.0 Å². The Bertz CT molecular complexity index is 757. The highest BCUT2D eigenvalue weighted by molar-refractivity contribution is 5.74. The average molecular weight is 489 g/mol. The van der Waals surface area contributed by atoms with Crippen LogP contribution in [0.1, 0.15) is 63.0 Å². The van der Waals surface area contributed by atoms with Crippen molar-refractivity contribution in [2.45, 2.75) is 63.5 Å². The van der Waals surface area contributed by atoms with Crippen molar-refractivity contribution in [2.24, 2.45) is 11.8 Å². The zero-order valence-corrected chi connectivity index (χ0v) is 21.5. The summed E-state index contributed by atoms with van der Waals surface area (Å²) in [4.78, 5) is 26.6. The minimum Gasteiger partial charge on any atom is -0.453 e. The van der Waals surface area contributed by atoms with Gasteiger partial charge in [-0.1, -0.05) is 62.4 Å². The number of rotatable bonds is 11. The van der Waals surface area contributed by atoms with Gasteiger partial charge in [0.2, 0.25) is 0 Å². The molecule has 35 heavy (non-hydrogen) atoms. The van der Waals surface area contributed by atoms with Gasteiger partial charge in [0.25, 0.3) is 0 Å². The number of ether oxygens (including phenoxy) is 2. The van der Waals surface area contributed by atoms with E-state index in [4.69, 9.17) is 4.74 Å². The quantitative estimate of drug-likeness (QED) is 0.408. The zero-order chi connectivity index (χ0) is 24.9. The molecule has 3 rings (SSSR count). The van der Waals surface area contributed by atoms with Crippen LogP contribution >= 0.6 is 0 Å². The number of alkyl carbamates (subject to hydrolysis) is 1. The van der Waals surface area contributed by atoms with Crippen LogP contribution in [0.5, 0.6) is 0 Å². The second-order valence-electron chi connectivity index (χ2n) is 9.91. The molecule has 8 nitrogen and oxygen atoms in total. The Morgan fingerprint density at radius 1 is 1.09 bits per heavy atom. The number of methoxy groups -OCH3 is 1. The van der Waals surface area contributed by atoms with E-state index in [9.17, 15) is 9.59 Å². The van der Waals surface area contributed by atoms with Crippen LogP contribution in [0.15, 0.2) is 30.3 Å². The molecule has 1 unspecified atom stereocenters. The van der Waals surface area contributed by atoms with Crippen molar-refractivity contribution in [3.8, 4) is 0 Å². The molecule has 0 bridgehead atoms. The highest BCUT2D eigenvalue weighted by Gasteiger charge is 2.32. The third-order valence-corrected chi connectivity index (χ3v) is 7.28. The van der Waals surface area contributed by atoms with Gasteiger partial charge in [-0.15, -0.1) is 0 Å². The molecule has 0 aromatic heterocycles. The maximum absolute atomic E-state index is 13.3. The number of piperidine rings is 1. The fourth-order valence-corrected chi connectivity index (χ4v) is 5.53. The van der Waals surface area contributed by atoms with Gasteiger partial charge in [-0.25, -0.2) is 9.59 Å². The molecule has 3 atom stereocenters. The summed E-state index contributed by atoms with van der Waals surface area (Å²) in [7, 11) is 3.30. The van der Waals surface area contributed by atoms with Crippen molar-refractivity contribution < 1.29 is 19.1 Å². The van der Waals surface area contributed by atoms with Crippen LogP contribution in [0.4, 0.5) is 9.59 Å². The van der Waals surface area contributed by atoms with E-state index in [1.54, 1.807) is 0 Å². The largest absolute Gasteiger partial charge is 0.453 e. The second kappa shape index (κ2) is 14.9. The van der Waals surface area contributed by atoms with Gasteiger partial charge in [0.1, 0.15) is 0 Å². The summed E-state index contributed by atoms with van der Waals surface area (Å²) in [5, 5.41) is 9.26. The van der Waals surface area contributed by atoms with Crippen LogP contribution in [0.25, 0.3) is 0 Å². The SMILES string of the molecule is CNCC(CC1CCCCC1)NC(=O)N1CCC[C@@H]([C@@H](OCCNC(=O)OC)c2ccccc2)C1. The number of likely N-dealkylation sites (N-methyl/N-ethyl adjacent to an activating group) is 1. The second-order valence-corrected chi connectivity index (χ2v) is 9.91. The van der Waals surface area contributed by atoms with Crippen molar-refractivity contribution in [1.29, 1.82) is 0 Å². The van der Waals surface area contributed by atoms with E-state index in [1.807, 2.05) is 30.1 Å². The van der Waals surface area contributed by atoms with E-state index in [-0.39, 0.29) is 24.1 Å². The Morgan fingerprint density at radius 3 is 2.57 bits per heavy atom. The molecule has 1 heterocycles. The molecule has 1 aromatic rings. The van der Waals surface area contributed by atoms with Crippen molar-refractivity contribution in [3.63, 3.8) is 0 Å². The van der Waals surface area contributed by atoms with Gasteiger partial charge in [-0.3, -0.25) is 0 Å². The van der Waals surface area contributed by atoms with Crippen LogP contribution in [0.3, 0.4) is 0 Å². The third kappa shape index (κ3) is 9.00. The topological polar surface area (TPSA) is 91.9 Å². The van der Waals surface area contributed by atoms with Crippen LogP contribution in [-0.2, 0) is 9.47 Å². The van der Waals surface area contributed by atoms with Gasteiger partial charge >= 0.3 is 12.1 Å². The maximum atomic E-state index is 13.3. The Kier molecular flexibility index (Phi) is 11.6. The van der Waals surface area contributed by atoms with Gasteiger partial charge in [-0.2, -0.15) is 0 Å². The number of carbonyl (C=O) groups is 2. The van der Waals surface area contributed by atoms with Gasteiger partial charge in [0, 0.05) is 38.1 Å². The predicted octanol–water partition coefficient (Wildman–Crippen LogP) is 4.08. The number of nitrogens with zero attached hydrogens (tertiary/aromatic N) is 1. The van der Waals surface area contributed by atoms with Crippen molar-refractivity contribution in [2.75, 3.05) is 46.9 Å². The average Bonchev–Trinajstić information content (AvgIpc) is 2.89. The number of likely N-dealkylation sites (tertiary alicyclic amines) is 1. The Morgan fingerprint density at radius 2 is 1.86 bits per heavy atom. The van der Waals surface area contributed by atoms with Gasteiger partial charge in [-0.05, 0) is 37.8 Å². The zero-order valence-electron chi connectivity index (χ0n) is 21.5. The molecular weight excluding hydrogens is 444 g/mol. The normalized spacial score (nSPS) is 20.6. The molecule has 3 amide bonds. The van der Waals surface area contributed by atoms with Crippen molar-refractivity contribution in [3.05, 3.63) is 35.9 Å². The lowest BCUT2D eigenvalue weighted by Crippen LogP contribution is -2.52. The Labute approximate surface area is 210 Å². The first-order valence-electron chi connectivity index (χ1n) is 13.3. The molecule has 8 heteroatoms. The van der Waals surface area contributed by atoms with E-state index in [0.717, 1.165) is 37.9 Å². The number of nitrogens with one attached hydrogen (secondary N) is 3. The monoisotopic (exact) mass is 488 g/mol. The first kappa shape index (κ1) is 27.3. The number of hydrogen-bond acceptors (Lipinski definition) is 5. The predicted molar refractivity (Wildman–Crippen MR) is 137 cm³/mol. The molecule has 2 fully saturated rings. The minimum atomic E-state index is -0.463. The summed E-state index contributed by atoms with van der Waals surface area (Å²) in [6, 6.07) is 10.4. The fraction of sp³-hybridized carbons (Fsp3) is 0.704. The fourth-order valence-electron chi connectivity index (χ4n) is 5.53. The van der Waals surface area contributed by atoms with Gasteiger partial charge in [0.05, 0.1) is 19.8 Å². The first-order chi connectivity index (χ1) is 17.1. The first-order valence-corrected chi connectivity index (χ1v) is 13.3.